The first kappa shape index (κ1) is 14.5. The Morgan fingerprint density at radius 1 is 1.28 bits per heavy atom. The summed E-state index contributed by atoms with van der Waals surface area (Å²) in [5.74, 6) is -1.82. The zero-order valence-corrected chi connectivity index (χ0v) is 10.8. The van der Waals surface area contributed by atoms with Gasteiger partial charge in [0.05, 0.1) is 12.5 Å². The molecule has 2 N–H and O–H groups in total. The lowest BCUT2D eigenvalue weighted by Crippen LogP contribution is -2.42. The summed E-state index contributed by atoms with van der Waals surface area (Å²) in [4.78, 5) is 35.7. The highest BCUT2D eigenvalue weighted by Gasteiger charge is 2.35. The molecule has 0 aromatic carbocycles. The summed E-state index contributed by atoms with van der Waals surface area (Å²) in [7, 11) is 1.52. The number of carbonyl (C=O) groups is 3. The minimum Gasteiger partial charge on any atom is -0.481 e. The van der Waals surface area contributed by atoms with Gasteiger partial charge in [-0.25, -0.2) is 0 Å². The molecule has 0 heterocycles. The van der Waals surface area contributed by atoms with Crippen LogP contribution in [0.15, 0.2) is 0 Å². The highest BCUT2D eigenvalue weighted by atomic mass is 16.4. The van der Waals surface area contributed by atoms with Gasteiger partial charge in [0.2, 0.25) is 11.8 Å². The van der Waals surface area contributed by atoms with Gasteiger partial charge in [-0.15, -0.1) is 0 Å². The van der Waals surface area contributed by atoms with Gasteiger partial charge in [-0.2, -0.15) is 0 Å². The standard InChI is InChI=1S/C12H20N2O4/c1-3-14(7-10(15)13-2)11(16)8-4-5-9(6-8)12(17)18/h8-9H,3-7H2,1-2H3,(H,13,15)(H,17,18). The van der Waals surface area contributed by atoms with E-state index in [0.717, 1.165) is 0 Å². The molecule has 102 valence electrons. The van der Waals surface area contributed by atoms with E-state index in [-0.39, 0.29) is 24.3 Å². The summed E-state index contributed by atoms with van der Waals surface area (Å²) in [6.45, 7) is 2.31. The van der Waals surface area contributed by atoms with Crippen LogP contribution in [0.5, 0.6) is 0 Å². The Morgan fingerprint density at radius 2 is 1.89 bits per heavy atom. The lowest BCUT2D eigenvalue weighted by molar-refractivity contribution is -0.142. The quantitative estimate of drug-likeness (QED) is 0.729. The molecule has 0 radical (unpaired) electrons. The van der Waals surface area contributed by atoms with Crippen LogP contribution < -0.4 is 5.32 Å². The second-order valence-corrected chi connectivity index (χ2v) is 4.57. The van der Waals surface area contributed by atoms with Gasteiger partial charge >= 0.3 is 5.97 Å². The van der Waals surface area contributed by atoms with E-state index in [9.17, 15) is 14.4 Å². The summed E-state index contributed by atoms with van der Waals surface area (Å²) in [5.41, 5.74) is 0. The van der Waals surface area contributed by atoms with Crippen LogP contribution in [0.2, 0.25) is 0 Å². The molecule has 0 aliphatic heterocycles. The van der Waals surface area contributed by atoms with Crippen LogP contribution in [0.25, 0.3) is 0 Å². The van der Waals surface area contributed by atoms with E-state index in [2.05, 4.69) is 5.32 Å². The van der Waals surface area contributed by atoms with Gasteiger partial charge in [-0.3, -0.25) is 14.4 Å². The SMILES string of the molecule is CCN(CC(=O)NC)C(=O)C1CCC(C(=O)O)C1. The number of rotatable bonds is 5. The van der Waals surface area contributed by atoms with E-state index in [4.69, 9.17) is 5.11 Å². The predicted molar refractivity (Wildman–Crippen MR) is 64.8 cm³/mol. The van der Waals surface area contributed by atoms with E-state index in [1.54, 1.807) is 0 Å². The van der Waals surface area contributed by atoms with Crippen LogP contribution in [0.4, 0.5) is 0 Å². The van der Waals surface area contributed by atoms with E-state index in [0.29, 0.717) is 25.8 Å². The van der Waals surface area contributed by atoms with Crippen molar-refractivity contribution in [2.24, 2.45) is 11.8 Å². The van der Waals surface area contributed by atoms with Gasteiger partial charge in [0.15, 0.2) is 0 Å². The van der Waals surface area contributed by atoms with Gasteiger partial charge in [0.25, 0.3) is 0 Å². The predicted octanol–water partition coefficient (Wildman–Crippen LogP) is 0.0818. The average molecular weight is 256 g/mol. The highest BCUT2D eigenvalue weighted by Crippen LogP contribution is 2.32. The van der Waals surface area contributed by atoms with E-state index in [1.165, 1.54) is 11.9 Å². The summed E-state index contributed by atoms with van der Waals surface area (Å²) < 4.78 is 0. The van der Waals surface area contributed by atoms with Gasteiger partial charge in [-0.1, -0.05) is 0 Å². The molecule has 6 heteroatoms. The maximum Gasteiger partial charge on any atom is 0.306 e. The molecule has 0 saturated heterocycles. The number of carboxylic acid groups (broad SMARTS) is 1. The number of amides is 2. The Balaban J connectivity index is 2.57. The Hall–Kier alpha value is -1.59. The third kappa shape index (κ3) is 3.45. The largest absolute Gasteiger partial charge is 0.481 e. The molecule has 0 spiro atoms. The second-order valence-electron chi connectivity index (χ2n) is 4.57. The van der Waals surface area contributed by atoms with Crippen molar-refractivity contribution in [3.63, 3.8) is 0 Å². The molecule has 0 bridgehead atoms. The molecule has 1 rings (SSSR count). The number of hydrogen-bond donors (Lipinski definition) is 2. The topological polar surface area (TPSA) is 86.7 Å². The summed E-state index contributed by atoms with van der Waals surface area (Å²) >= 11 is 0. The third-order valence-corrected chi connectivity index (χ3v) is 3.44. The van der Waals surface area contributed by atoms with Crippen molar-refractivity contribution in [2.75, 3.05) is 20.1 Å². The first-order chi connectivity index (χ1) is 8.49. The molecule has 0 aromatic heterocycles. The monoisotopic (exact) mass is 256 g/mol. The summed E-state index contributed by atoms with van der Waals surface area (Å²) in [5, 5.41) is 11.4. The van der Waals surface area contributed by atoms with Crippen molar-refractivity contribution in [1.82, 2.24) is 10.2 Å². The average Bonchev–Trinajstić information content (AvgIpc) is 2.84. The number of carbonyl (C=O) groups excluding carboxylic acids is 2. The normalized spacial score (nSPS) is 22.6. The van der Waals surface area contributed by atoms with Crippen LogP contribution in [-0.4, -0.2) is 47.9 Å². The molecule has 18 heavy (non-hydrogen) atoms. The molecule has 1 aliphatic rings. The number of aliphatic carboxylic acids is 1. The van der Waals surface area contributed by atoms with E-state index < -0.39 is 11.9 Å². The Bertz CT molecular complexity index is 343. The Labute approximate surface area is 106 Å². The van der Waals surface area contributed by atoms with Crippen LogP contribution in [-0.2, 0) is 14.4 Å². The molecule has 2 unspecified atom stereocenters. The first-order valence-electron chi connectivity index (χ1n) is 6.21. The number of carboxylic acids is 1. The Kier molecular flexibility index (Phi) is 5.12. The molecule has 2 amide bonds. The van der Waals surface area contributed by atoms with Crippen molar-refractivity contribution in [3.05, 3.63) is 0 Å². The maximum atomic E-state index is 12.1. The van der Waals surface area contributed by atoms with E-state index >= 15 is 0 Å². The van der Waals surface area contributed by atoms with Gasteiger partial charge in [-0.05, 0) is 26.2 Å². The van der Waals surface area contributed by atoms with Crippen LogP contribution in [0.1, 0.15) is 26.2 Å². The molecule has 1 aliphatic carbocycles. The maximum absolute atomic E-state index is 12.1. The fraction of sp³-hybridized carbons (Fsp3) is 0.750. The lowest BCUT2D eigenvalue weighted by Gasteiger charge is -2.23. The fourth-order valence-electron chi connectivity index (χ4n) is 2.29. The smallest absolute Gasteiger partial charge is 0.306 e. The molecule has 6 nitrogen and oxygen atoms in total. The van der Waals surface area contributed by atoms with Crippen molar-refractivity contribution in [2.45, 2.75) is 26.2 Å². The molecule has 1 fully saturated rings. The second kappa shape index (κ2) is 6.37. The van der Waals surface area contributed by atoms with Crippen LogP contribution in [0.3, 0.4) is 0 Å². The molecule has 2 atom stereocenters. The number of hydrogen-bond acceptors (Lipinski definition) is 3. The zero-order chi connectivity index (χ0) is 13.7. The number of likely N-dealkylation sites (N-methyl/N-ethyl adjacent to an activating group) is 2. The molecule has 1 saturated carbocycles. The van der Waals surface area contributed by atoms with Crippen molar-refractivity contribution in [3.8, 4) is 0 Å². The molecular weight excluding hydrogens is 236 g/mol. The van der Waals surface area contributed by atoms with Crippen molar-refractivity contribution < 1.29 is 19.5 Å². The minimum absolute atomic E-state index is 0.0417. The van der Waals surface area contributed by atoms with Gasteiger partial charge in [0, 0.05) is 19.5 Å². The minimum atomic E-state index is -0.834. The molecular formula is C12H20N2O4. The van der Waals surface area contributed by atoms with Gasteiger partial charge < -0.3 is 15.3 Å². The van der Waals surface area contributed by atoms with Crippen LogP contribution >= 0.6 is 0 Å². The summed E-state index contributed by atoms with van der Waals surface area (Å²) in [6.07, 6.45) is 1.53. The number of nitrogens with zero attached hydrogens (tertiary/aromatic N) is 1. The zero-order valence-electron chi connectivity index (χ0n) is 10.8. The van der Waals surface area contributed by atoms with Crippen molar-refractivity contribution in [1.29, 1.82) is 0 Å². The first-order valence-corrected chi connectivity index (χ1v) is 6.21. The van der Waals surface area contributed by atoms with Crippen LogP contribution in [0, 0.1) is 11.8 Å². The van der Waals surface area contributed by atoms with Gasteiger partial charge in [0.1, 0.15) is 0 Å². The fourth-order valence-corrected chi connectivity index (χ4v) is 2.29. The molecule has 0 aromatic rings. The number of nitrogens with one attached hydrogen (secondary N) is 1. The van der Waals surface area contributed by atoms with Crippen molar-refractivity contribution >= 4 is 17.8 Å². The summed E-state index contributed by atoms with van der Waals surface area (Å²) in [6, 6.07) is 0. The lowest BCUT2D eigenvalue weighted by atomic mass is 10.0. The van der Waals surface area contributed by atoms with E-state index in [1.807, 2.05) is 6.92 Å². The third-order valence-electron chi connectivity index (χ3n) is 3.44. The Morgan fingerprint density at radius 3 is 2.33 bits per heavy atom. The highest BCUT2D eigenvalue weighted by molar-refractivity contribution is 5.86.